The van der Waals surface area contributed by atoms with Crippen molar-refractivity contribution in [3.05, 3.63) is 17.5 Å². The van der Waals surface area contributed by atoms with E-state index in [4.69, 9.17) is 4.74 Å². The molecule has 5 heteroatoms. The van der Waals surface area contributed by atoms with Crippen molar-refractivity contribution in [3.8, 4) is 0 Å². The summed E-state index contributed by atoms with van der Waals surface area (Å²) in [5, 5.41) is 3.39. The number of hydrogen-bond donors (Lipinski definition) is 1. The second-order valence-electron chi connectivity index (χ2n) is 4.92. The molecule has 1 aromatic rings. The first-order valence-corrected chi connectivity index (χ1v) is 6.55. The van der Waals surface area contributed by atoms with Crippen molar-refractivity contribution in [1.29, 1.82) is 0 Å². The highest BCUT2D eigenvalue weighted by molar-refractivity contribution is 5.33. The Morgan fingerprint density at radius 2 is 2.11 bits per heavy atom. The van der Waals surface area contributed by atoms with Crippen molar-refractivity contribution >= 4 is 5.95 Å². The zero-order valence-electron chi connectivity index (χ0n) is 11.4. The van der Waals surface area contributed by atoms with Crippen LogP contribution in [0.2, 0.25) is 0 Å². The minimum absolute atomic E-state index is 0.475. The van der Waals surface area contributed by atoms with E-state index in [2.05, 4.69) is 34.0 Å². The Hall–Kier alpha value is -1.20. The summed E-state index contributed by atoms with van der Waals surface area (Å²) >= 11 is 0. The third-order valence-corrected chi connectivity index (χ3v) is 3.06. The predicted octanol–water partition coefficient (Wildman–Crippen LogP) is 1.12. The molecular formula is C13H22N4O. The summed E-state index contributed by atoms with van der Waals surface area (Å²) in [6, 6.07) is 0.475. The van der Waals surface area contributed by atoms with Crippen LogP contribution in [0, 0.1) is 6.92 Å². The van der Waals surface area contributed by atoms with E-state index in [1.165, 1.54) is 5.56 Å². The molecule has 100 valence electrons. The van der Waals surface area contributed by atoms with Crippen LogP contribution in [0.25, 0.3) is 0 Å². The van der Waals surface area contributed by atoms with Crippen LogP contribution in [0.5, 0.6) is 0 Å². The smallest absolute Gasteiger partial charge is 0.225 e. The van der Waals surface area contributed by atoms with E-state index >= 15 is 0 Å². The molecule has 0 saturated carbocycles. The minimum Gasteiger partial charge on any atom is -0.378 e. The van der Waals surface area contributed by atoms with Gasteiger partial charge in [0.1, 0.15) is 0 Å². The Kier molecular flexibility index (Phi) is 4.49. The summed E-state index contributed by atoms with van der Waals surface area (Å²) in [6.45, 7) is 10.4. The van der Waals surface area contributed by atoms with Gasteiger partial charge in [0.15, 0.2) is 0 Å². The molecule has 0 bridgehead atoms. The molecule has 2 heterocycles. The van der Waals surface area contributed by atoms with Gasteiger partial charge in [0.05, 0.1) is 13.2 Å². The SMILES string of the molecule is Cc1nc(N2CCOCC2)ncc1CNC(C)C. The maximum atomic E-state index is 5.33. The van der Waals surface area contributed by atoms with E-state index in [9.17, 15) is 0 Å². The summed E-state index contributed by atoms with van der Waals surface area (Å²) in [7, 11) is 0. The monoisotopic (exact) mass is 250 g/mol. The van der Waals surface area contributed by atoms with Gasteiger partial charge in [0, 0.05) is 43.1 Å². The fourth-order valence-corrected chi connectivity index (χ4v) is 1.88. The van der Waals surface area contributed by atoms with E-state index in [0.29, 0.717) is 6.04 Å². The Morgan fingerprint density at radius 3 is 2.72 bits per heavy atom. The molecule has 0 radical (unpaired) electrons. The zero-order chi connectivity index (χ0) is 13.0. The number of nitrogens with zero attached hydrogens (tertiary/aromatic N) is 3. The molecule has 1 aromatic heterocycles. The summed E-state index contributed by atoms with van der Waals surface area (Å²) in [5.74, 6) is 0.823. The van der Waals surface area contributed by atoms with Crippen molar-refractivity contribution in [2.75, 3.05) is 31.2 Å². The largest absolute Gasteiger partial charge is 0.378 e. The molecule has 1 aliphatic heterocycles. The van der Waals surface area contributed by atoms with Crippen LogP contribution >= 0.6 is 0 Å². The van der Waals surface area contributed by atoms with Gasteiger partial charge in [-0.15, -0.1) is 0 Å². The molecule has 5 nitrogen and oxygen atoms in total. The van der Waals surface area contributed by atoms with Gasteiger partial charge < -0.3 is 15.0 Å². The van der Waals surface area contributed by atoms with E-state index < -0.39 is 0 Å². The maximum Gasteiger partial charge on any atom is 0.225 e. The summed E-state index contributed by atoms with van der Waals surface area (Å²) < 4.78 is 5.33. The molecular weight excluding hydrogens is 228 g/mol. The van der Waals surface area contributed by atoms with Gasteiger partial charge in [-0.05, 0) is 6.92 Å². The van der Waals surface area contributed by atoms with Gasteiger partial charge in [0.25, 0.3) is 0 Å². The first kappa shape index (κ1) is 13.2. The fourth-order valence-electron chi connectivity index (χ4n) is 1.88. The molecule has 0 atom stereocenters. The maximum absolute atomic E-state index is 5.33. The normalized spacial score (nSPS) is 16.3. The van der Waals surface area contributed by atoms with Crippen LogP contribution in [-0.4, -0.2) is 42.3 Å². The third kappa shape index (κ3) is 3.40. The van der Waals surface area contributed by atoms with Crippen LogP contribution in [0.15, 0.2) is 6.20 Å². The zero-order valence-corrected chi connectivity index (χ0v) is 11.4. The number of nitrogens with one attached hydrogen (secondary N) is 1. The van der Waals surface area contributed by atoms with Gasteiger partial charge >= 0.3 is 0 Å². The number of aryl methyl sites for hydroxylation is 1. The van der Waals surface area contributed by atoms with Crippen molar-refractivity contribution in [2.45, 2.75) is 33.4 Å². The highest BCUT2D eigenvalue weighted by Crippen LogP contribution is 2.12. The predicted molar refractivity (Wildman–Crippen MR) is 71.8 cm³/mol. The number of anilines is 1. The van der Waals surface area contributed by atoms with Crippen LogP contribution in [0.4, 0.5) is 5.95 Å². The molecule has 2 rings (SSSR count). The topological polar surface area (TPSA) is 50.3 Å². The second-order valence-corrected chi connectivity index (χ2v) is 4.92. The number of ether oxygens (including phenoxy) is 1. The first-order chi connectivity index (χ1) is 8.66. The summed E-state index contributed by atoms with van der Waals surface area (Å²) in [4.78, 5) is 11.2. The summed E-state index contributed by atoms with van der Waals surface area (Å²) in [5.41, 5.74) is 2.22. The number of aromatic nitrogens is 2. The van der Waals surface area contributed by atoms with Gasteiger partial charge in [-0.2, -0.15) is 0 Å². The molecule has 18 heavy (non-hydrogen) atoms. The van der Waals surface area contributed by atoms with Crippen LogP contribution in [-0.2, 0) is 11.3 Å². The van der Waals surface area contributed by atoms with Crippen molar-refractivity contribution in [2.24, 2.45) is 0 Å². The highest BCUT2D eigenvalue weighted by Gasteiger charge is 2.14. The van der Waals surface area contributed by atoms with E-state index in [-0.39, 0.29) is 0 Å². The lowest BCUT2D eigenvalue weighted by Gasteiger charge is -2.27. The second kappa shape index (κ2) is 6.11. The number of hydrogen-bond acceptors (Lipinski definition) is 5. The average molecular weight is 250 g/mol. The lowest BCUT2D eigenvalue weighted by molar-refractivity contribution is 0.122. The first-order valence-electron chi connectivity index (χ1n) is 6.55. The molecule has 0 aromatic carbocycles. The minimum atomic E-state index is 0.475. The quantitative estimate of drug-likeness (QED) is 0.868. The third-order valence-electron chi connectivity index (χ3n) is 3.06. The standard InChI is InChI=1S/C13H22N4O/c1-10(2)14-8-12-9-15-13(16-11(12)3)17-4-6-18-7-5-17/h9-10,14H,4-8H2,1-3H3. The van der Waals surface area contributed by atoms with Crippen LogP contribution < -0.4 is 10.2 Å². The Bertz CT molecular complexity index is 389. The van der Waals surface area contributed by atoms with Crippen LogP contribution in [0.1, 0.15) is 25.1 Å². The molecule has 1 saturated heterocycles. The molecule has 0 unspecified atom stereocenters. The Labute approximate surface area is 109 Å². The molecule has 0 aliphatic carbocycles. The Balaban J connectivity index is 2.04. The van der Waals surface area contributed by atoms with E-state index in [1.54, 1.807) is 0 Å². The van der Waals surface area contributed by atoms with Crippen LogP contribution in [0.3, 0.4) is 0 Å². The molecule has 1 aliphatic rings. The fraction of sp³-hybridized carbons (Fsp3) is 0.692. The lowest BCUT2D eigenvalue weighted by Crippen LogP contribution is -2.37. The van der Waals surface area contributed by atoms with E-state index in [0.717, 1.165) is 44.5 Å². The molecule has 0 spiro atoms. The van der Waals surface area contributed by atoms with Crippen molar-refractivity contribution in [1.82, 2.24) is 15.3 Å². The van der Waals surface area contributed by atoms with Gasteiger partial charge in [-0.1, -0.05) is 13.8 Å². The van der Waals surface area contributed by atoms with Gasteiger partial charge in [-0.25, -0.2) is 9.97 Å². The Morgan fingerprint density at radius 1 is 1.39 bits per heavy atom. The highest BCUT2D eigenvalue weighted by atomic mass is 16.5. The average Bonchev–Trinajstić information content (AvgIpc) is 2.38. The summed E-state index contributed by atoms with van der Waals surface area (Å²) in [6.07, 6.45) is 1.93. The van der Waals surface area contributed by atoms with E-state index in [1.807, 2.05) is 13.1 Å². The lowest BCUT2D eigenvalue weighted by atomic mass is 10.2. The van der Waals surface area contributed by atoms with Crippen molar-refractivity contribution in [3.63, 3.8) is 0 Å². The van der Waals surface area contributed by atoms with Gasteiger partial charge in [-0.3, -0.25) is 0 Å². The molecule has 1 N–H and O–H groups in total. The number of rotatable bonds is 4. The number of morpholine rings is 1. The molecule has 0 amide bonds. The molecule has 1 fully saturated rings. The van der Waals surface area contributed by atoms with Crippen molar-refractivity contribution < 1.29 is 4.74 Å². The van der Waals surface area contributed by atoms with Gasteiger partial charge in [0.2, 0.25) is 5.95 Å².